The molecule has 1 aliphatic rings. The minimum Gasteiger partial charge on any atom is -0.493 e. The van der Waals surface area contributed by atoms with Gasteiger partial charge < -0.3 is 10.1 Å². The van der Waals surface area contributed by atoms with Crippen molar-refractivity contribution < 1.29 is 22.7 Å². The molecular weight excluding hydrogens is 307 g/mol. The summed E-state index contributed by atoms with van der Waals surface area (Å²) < 4.78 is 43.7. The average Bonchev–Trinajstić information content (AvgIpc) is 2.54. The molecule has 0 bridgehead atoms. The van der Waals surface area contributed by atoms with Crippen molar-refractivity contribution in [2.75, 3.05) is 6.61 Å². The molecular formula is C17H14F3NO2. The second kappa shape index (κ2) is 5.95. The van der Waals surface area contributed by atoms with Crippen LogP contribution in [0.25, 0.3) is 0 Å². The average molecular weight is 321 g/mol. The number of hydrogen-bond acceptors (Lipinski definition) is 2. The highest BCUT2D eigenvalue weighted by Gasteiger charge is 2.31. The van der Waals surface area contributed by atoms with Crippen LogP contribution in [0.3, 0.4) is 0 Å². The van der Waals surface area contributed by atoms with E-state index in [1.165, 1.54) is 12.1 Å². The number of alkyl halides is 3. The van der Waals surface area contributed by atoms with Crippen LogP contribution >= 0.6 is 0 Å². The molecule has 2 aromatic carbocycles. The lowest BCUT2D eigenvalue weighted by Gasteiger charge is -2.26. The number of ether oxygens (including phenoxy) is 1. The number of nitrogens with one attached hydrogen (secondary N) is 1. The molecule has 0 saturated carbocycles. The molecule has 0 aromatic heterocycles. The number of para-hydroxylation sites is 1. The molecule has 1 N–H and O–H groups in total. The first kappa shape index (κ1) is 15.4. The Kier molecular flexibility index (Phi) is 3.98. The van der Waals surface area contributed by atoms with Crippen molar-refractivity contribution in [3.05, 3.63) is 65.2 Å². The Morgan fingerprint density at radius 2 is 1.91 bits per heavy atom. The minimum absolute atomic E-state index is 0.0104. The summed E-state index contributed by atoms with van der Waals surface area (Å²) in [6.45, 7) is 0.449. The Labute approximate surface area is 131 Å². The van der Waals surface area contributed by atoms with Crippen LogP contribution < -0.4 is 10.1 Å². The van der Waals surface area contributed by atoms with E-state index in [4.69, 9.17) is 4.74 Å². The normalized spacial score (nSPS) is 17.1. The lowest BCUT2D eigenvalue weighted by Crippen LogP contribution is -2.32. The molecule has 0 fully saturated rings. The van der Waals surface area contributed by atoms with Gasteiger partial charge in [-0.2, -0.15) is 13.2 Å². The highest BCUT2D eigenvalue weighted by molar-refractivity contribution is 5.94. The van der Waals surface area contributed by atoms with E-state index in [0.29, 0.717) is 18.8 Å². The van der Waals surface area contributed by atoms with Gasteiger partial charge in [-0.3, -0.25) is 4.79 Å². The quantitative estimate of drug-likeness (QED) is 0.909. The van der Waals surface area contributed by atoms with Crippen molar-refractivity contribution in [2.24, 2.45) is 0 Å². The summed E-state index contributed by atoms with van der Waals surface area (Å²) in [5.41, 5.74) is -0.0135. The first-order valence-electron chi connectivity index (χ1n) is 7.15. The van der Waals surface area contributed by atoms with Crippen LogP contribution in [0, 0.1) is 0 Å². The van der Waals surface area contributed by atoms with E-state index >= 15 is 0 Å². The Morgan fingerprint density at radius 3 is 2.70 bits per heavy atom. The zero-order valence-corrected chi connectivity index (χ0v) is 12.1. The van der Waals surface area contributed by atoms with Crippen molar-refractivity contribution in [3.63, 3.8) is 0 Å². The van der Waals surface area contributed by atoms with Gasteiger partial charge in [0.15, 0.2) is 0 Å². The molecule has 1 heterocycles. The van der Waals surface area contributed by atoms with Gasteiger partial charge in [-0.1, -0.05) is 24.3 Å². The SMILES string of the molecule is O=C(NC1CCOc2ccccc21)c1cccc(C(F)(F)F)c1. The lowest BCUT2D eigenvalue weighted by atomic mass is 10.00. The molecule has 3 rings (SSSR count). The van der Waals surface area contributed by atoms with Gasteiger partial charge in [-0.15, -0.1) is 0 Å². The predicted octanol–water partition coefficient (Wildman–Crippen LogP) is 3.96. The van der Waals surface area contributed by atoms with Gasteiger partial charge >= 0.3 is 6.18 Å². The second-order valence-electron chi connectivity index (χ2n) is 5.28. The molecule has 1 atom stereocenters. The fraction of sp³-hybridized carbons (Fsp3) is 0.235. The number of fused-ring (bicyclic) bond motifs is 1. The van der Waals surface area contributed by atoms with Crippen LogP contribution in [0.4, 0.5) is 13.2 Å². The first-order chi connectivity index (χ1) is 10.9. The molecule has 23 heavy (non-hydrogen) atoms. The van der Waals surface area contributed by atoms with Gasteiger partial charge in [-0.25, -0.2) is 0 Å². The summed E-state index contributed by atoms with van der Waals surface area (Å²) in [6.07, 6.45) is -3.90. The topological polar surface area (TPSA) is 38.3 Å². The molecule has 120 valence electrons. The molecule has 0 spiro atoms. The summed E-state index contributed by atoms with van der Waals surface area (Å²) >= 11 is 0. The fourth-order valence-electron chi connectivity index (χ4n) is 2.57. The van der Waals surface area contributed by atoms with E-state index in [9.17, 15) is 18.0 Å². The van der Waals surface area contributed by atoms with Gasteiger partial charge in [0.25, 0.3) is 5.91 Å². The Hall–Kier alpha value is -2.50. The van der Waals surface area contributed by atoms with E-state index in [1.807, 2.05) is 18.2 Å². The van der Waals surface area contributed by atoms with Crippen molar-refractivity contribution in [1.82, 2.24) is 5.32 Å². The molecule has 6 heteroatoms. The van der Waals surface area contributed by atoms with Gasteiger partial charge in [0.2, 0.25) is 0 Å². The third kappa shape index (κ3) is 3.31. The standard InChI is InChI=1S/C17H14F3NO2/c18-17(19,20)12-5-3-4-11(10-12)16(22)21-14-8-9-23-15-7-2-1-6-13(14)15/h1-7,10,14H,8-9H2,(H,21,22). The van der Waals surface area contributed by atoms with E-state index in [2.05, 4.69) is 5.32 Å². The van der Waals surface area contributed by atoms with E-state index in [-0.39, 0.29) is 11.6 Å². The number of benzene rings is 2. The van der Waals surface area contributed by atoms with Crippen molar-refractivity contribution in [3.8, 4) is 5.75 Å². The largest absolute Gasteiger partial charge is 0.493 e. The van der Waals surface area contributed by atoms with Gasteiger partial charge in [0.1, 0.15) is 5.75 Å². The Bertz CT molecular complexity index is 728. The van der Waals surface area contributed by atoms with E-state index < -0.39 is 17.6 Å². The van der Waals surface area contributed by atoms with Crippen molar-refractivity contribution in [1.29, 1.82) is 0 Å². The summed E-state index contributed by atoms with van der Waals surface area (Å²) in [7, 11) is 0. The number of halogens is 3. The number of carbonyl (C=O) groups is 1. The maximum absolute atomic E-state index is 12.7. The monoisotopic (exact) mass is 321 g/mol. The predicted molar refractivity (Wildman–Crippen MR) is 78.2 cm³/mol. The zero-order chi connectivity index (χ0) is 16.4. The first-order valence-corrected chi connectivity index (χ1v) is 7.15. The highest BCUT2D eigenvalue weighted by atomic mass is 19.4. The molecule has 0 saturated heterocycles. The fourth-order valence-corrected chi connectivity index (χ4v) is 2.57. The van der Waals surface area contributed by atoms with Crippen LogP contribution in [0.1, 0.15) is 33.9 Å². The lowest BCUT2D eigenvalue weighted by molar-refractivity contribution is -0.137. The van der Waals surface area contributed by atoms with Crippen LogP contribution in [-0.4, -0.2) is 12.5 Å². The molecule has 0 aliphatic carbocycles. The number of amides is 1. The summed E-state index contributed by atoms with van der Waals surface area (Å²) in [4.78, 5) is 12.3. The zero-order valence-electron chi connectivity index (χ0n) is 12.1. The van der Waals surface area contributed by atoms with Crippen molar-refractivity contribution >= 4 is 5.91 Å². The second-order valence-corrected chi connectivity index (χ2v) is 5.28. The van der Waals surface area contributed by atoms with Crippen LogP contribution in [-0.2, 0) is 6.18 Å². The third-order valence-electron chi connectivity index (χ3n) is 3.72. The van der Waals surface area contributed by atoms with Crippen molar-refractivity contribution in [2.45, 2.75) is 18.6 Å². The number of hydrogen-bond donors (Lipinski definition) is 1. The van der Waals surface area contributed by atoms with Gasteiger partial charge in [0, 0.05) is 17.5 Å². The number of carbonyl (C=O) groups excluding carboxylic acids is 1. The molecule has 1 amide bonds. The van der Waals surface area contributed by atoms with Gasteiger partial charge in [0.05, 0.1) is 18.2 Å². The van der Waals surface area contributed by atoms with Gasteiger partial charge in [-0.05, 0) is 24.3 Å². The molecule has 1 unspecified atom stereocenters. The van der Waals surface area contributed by atoms with Crippen LogP contribution in [0.15, 0.2) is 48.5 Å². The van der Waals surface area contributed by atoms with E-state index in [1.54, 1.807) is 6.07 Å². The number of rotatable bonds is 2. The van der Waals surface area contributed by atoms with Crippen LogP contribution in [0.2, 0.25) is 0 Å². The van der Waals surface area contributed by atoms with Crippen LogP contribution in [0.5, 0.6) is 5.75 Å². The maximum Gasteiger partial charge on any atom is 0.416 e. The maximum atomic E-state index is 12.7. The third-order valence-corrected chi connectivity index (χ3v) is 3.72. The highest BCUT2D eigenvalue weighted by Crippen LogP contribution is 2.32. The smallest absolute Gasteiger partial charge is 0.416 e. The molecule has 3 nitrogen and oxygen atoms in total. The summed E-state index contributed by atoms with van der Waals surface area (Å²) in [5, 5.41) is 2.78. The molecule has 0 radical (unpaired) electrons. The minimum atomic E-state index is -4.47. The summed E-state index contributed by atoms with van der Waals surface area (Å²) in [5.74, 6) is 0.158. The molecule has 1 aliphatic heterocycles. The Morgan fingerprint density at radius 1 is 1.13 bits per heavy atom. The molecule has 2 aromatic rings. The van der Waals surface area contributed by atoms with E-state index in [0.717, 1.165) is 17.7 Å². The Balaban J connectivity index is 1.81. The summed E-state index contributed by atoms with van der Waals surface area (Å²) in [6, 6.07) is 11.4.